The van der Waals surface area contributed by atoms with Crippen molar-refractivity contribution in [1.29, 1.82) is 0 Å². The number of benzene rings is 3. The number of hydrogen-bond donors (Lipinski definition) is 0. The Morgan fingerprint density at radius 2 is 1.61 bits per heavy atom. The van der Waals surface area contributed by atoms with E-state index in [0.717, 1.165) is 16.1 Å². The van der Waals surface area contributed by atoms with Gasteiger partial charge in [0, 0.05) is 4.90 Å². The van der Waals surface area contributed by atoms with Crippen LogP contribution >= 0.6 is 11.8 Å². The van der Waals surface area contributed by atoms with Crippen LogP contribution in [-0.4, -0.2) is 30.8 Å². The number of imide groups is 1. The minimum atomic E-state index is -0.905. The number of fused-ring (bicyclic) bond motifs is 1. The van der Waals surface area contributed by atoms with Gasteiger partial charge in [-0.3, -0.25) is 14.4 Å². The number of amides is 2. The van der Waals surface area contributed by atoms with Gasteiger partial charge in [-0.25, -0.2) is 9.96 Å². The highest BCUT2D eigenvalue weighted by atomic mass is 32.2. The quantitative estimate of drug-likeness (QED) is 0.387. The Kier molecular flexibility index (Phi) is 5.83. The van der Waals surface area contributed by atoms with Crippen LogP contribution in [0.4, 0.5) is 11.4 Å². The summed E-state index contributed by atoms with van der Waals surface area (Å²) in [6, 6.07) is 24.3. The predicted octanol–water partition coefficient (Wildman–Crippen LogP) is 4.86. The Bertz CT molecular complexity index is 1170. The average molecular weight is 461 g/mol. The molecular weight excluding hydrogens is 436 g/mol. The van der Waals surface area contributed by atoms with Crippen molar-refractivity contribution in [3.63, 3.8) is 0 Å². The Balaban J connectivity index is 1.57. The Morgan fingerprint density at radius 1 is 0.909 bits per heavy atom. The van der Waals surface area contributed by atoms with E-state index in [1.807, 2.05) is 73.8 Å². The molecule has 0 N–H and O–H groups in total. The molecule has 2 aliphatic rings. The van der Waals surface area contributed by atoms with E-state index in [-0.39, 0.29) is 11.8 Å². The zero-order chi connectivity index (χ0) is 22.9. The van der Waals surface area contributed by atoms with Gasteiger partial charge in [-0.15, -0.1) is 11.8 Å². The van der Waals surface area contributed by atoms with Crippen molar-refractivity contribution >= 4 is 35.0 Å². The molecule has 0 radical (unpaired) electrons. The molecule has 0 aromatic heterocycles. The first-order valence-electron chi connectivity index (χ1n) is 10.9. The topological polar surface area (TPSA) is 59.1 Å². The van der Waals surface area contributed by atoms with E-state index >= 15 is 0 Å². The number of anilines is 2. The lowest BCUT2D eigenvalue weighted by atomic mass is 9.90. The molecule has 5 rings (SSSR count). The normalized spacial score (nSPS) is 22.1. The first-order chi connectivity index (χ1) is 16.1. The number of carbonyl (C=O) groups is 2. The van der Waals surface area contributed by atoms with E-state index in [2.05, 4.69) is 0 Å². The number of rotatable bonds is 6. The van der Waals surface area contributed by atoms with Gasteiger partial charge in [-0.2, -0.15) is 0 Å². The van der Waals surface area contributed by atoms with Crippen molar-refractivity contribution in [1.82, 2.24) is 0 Å². The third-order valence-corrected chi connectivity index (χ3v) is 6.73. The molecule has 7 heteroatoms. The minimum Gasteiger partial charge on any atom is -0.492 e. The fraction of sp³-hybridized carbons (Fsp3) is 0.231. The van der Waals surface area contributed by atoms with Crippen LogP contribution in [0.25, 0.3) is 0 Å². The van der Waals surface area contributed by atoms with Crippen LogP contribution < -0.4 is 14.7 Å². The van der Waals surface area contributed by atoms with Gasteiger partial charge in [0.25, 0.3) is 5.91 Å². The summed E-state index contributed by atoms with van der Waals surface area (Å²) in [6.45, 7) is 2.30. The summed E-state index contributed by atoms with van der Waals surface area (Å²) < 4.78 is 5.70. The van der Waals surface area contributed by atoms with E-state index in [0.29, 0.717) is 18.0 Å². The van der Waals surface area contributed by atoms with Crippen LogP contribution in [0.3, 0.4) is 0 Å². The number of hydroxylamine groups is 1. The summed E-state index contributed by atoms with van der Waals surface area (Å²) in [7, 11) is 0. The van der Waals surface area contributed by atoms with Crippen LogP contribution in [0.5, 0.6) is 5.75 Å². The molecule has 2 fully saturated rings. The lowest BCUT2D eigenvalue weighted by Crippen LogP contribution is -2.37. The van der Waals surface area contributed by atoms with Gasteiger partial charge in [0.15, 0.2) is 6.10 Å². The number of ether oxygens (including phenoxy) is 1. The van der Waals surface area contributed by atoms with E-state index in [1.54, 1.807) is 35.0 Å². The maximum absolute atomic E-state index is 13.8. The van der Waals surface area contributed by atoms with Crippen LogP contribution in [0.1, 0.15) is 18.5 Å². The second-order valence-corrected chi connectivity index (χ2v) is 8.72. The molecule has 33 heavy (non-hydrogen) atoms. The number of carbonyl (C=O) groups excluding carboxylic acids is 2. The Labute approximate surface area is 197 Å². The number of hydrogen-bond acceptors (Lipinski definition) is 6. The van der Waals surface area contributed by atoms with Gasteiger partial charge >= 0.3 is 0 Å². The third-order valence-electron chi connectivity index (χ3n) is 5.99. The number of thioether (sulfide) groups is 1. The van der Waals surface area contributed by atoms with Gasteiger partial charge in [0.05, 0.1) is 24.0 Å². The molecule has 168 valence electrons. The van der Waals surface area contributed by atoms with Crippen molar-refractivity contribution in [2.24, 2.45) is 5.92 Å². The lowest BCUT2D eigenvalue weighted by molar-refractivity contribution is -0.126. The molecule has 3 aromatic rings. The monoisotopic (exact) mass is 460 g/mol. The second-order valence-electron chi connectivity index (χ2n) is 7.84. The molecule has 3 atom stereocenters. The summed E-state index contributed by atoms with van der Waals surface area (Å²) in [5.74, 6) is -0.828. The van der Waals surface area contributed by atoms with E-state index in [9.17, 15) is 9.59 Å². The number of para-hydroxylation sites is 3. The zero-order valence-corrected chi connectivity index (χ0v) is 19.2. The van der Waals surface area contributed by atoms with Crippen LogP contribution in [-0.2, 0) is 14.4 Å². The van der Waals surface area contributed by atoms with Crippen molar-refractivity contribution in [3.8, 4) is 5.75 Å². The second kappa shape index (κ2) is 8.92. The van der Waals surface area contributed by atoms with E-state index < -0.39 is 18.1 Å². The van der Waals surface area contributed by atoms with Crippen molar-refractivity contribution < 1.29 is 19.2 Å². The van der Waals surface area contributed by atoms with Crippen LogP contribution in [0, 0.1) is 5.92 Å². The molecule has 0 spiro atoms. The molecule has 2 aliphatic heterocycles. The fourth-order valence-electron chi connectivity index (χ4n) is 4.51. The molecule has 2 heterocycles. The van der Waals surface area contributed by atoms with Crippen molar-refractivity contribution in [2.45, 2.75) is 24.0 Å². The standard InChI is InChI=1S/C26H24N2O4S/c1-3-31-21-12-8-7-11-20(21)27-25(29)22-23(17-13-15-19(33-2)16-14-17)28(32-24(22)26(27)30)18-9-5-4-6-10-18/h4-16,22-24H,3H2,1-2H3/t22-,23+,24-/m0/s1. The van der Waals surface area contributed by atoms with Crippen molar-refractivity contribution in [3.05, 3.63) is 84.4 Å². The molecular formula is C26H24N2O4S. The van der Waals surface area contributed by atoms with Crippen molar-refractivity contribution in [2.75, 3.05) is 22.8 Å². The van der Waals surface area contributed by atoms with Gasteiger partial charge in [0.2, 0.25) is 5.91 Å². The largest absolute Gasteiger partial charge is 0.492 e. The summed E-state index contributed by atoms with van der Waals surface area (Å²) in [4.78, 5) is 35.8. The fourth-order valence-corrected chi connectivity index (χ4v) is 4.92. The number of nitrogens with zero attached hydrogens (tertiary/aromatic N) is 2. The first-order valence-corrected chi connectivity index (χ1v) is 12.1. The lowest BCUT2D eigenvalue weighted by Gasteiger charge is -2.29. The Hall–Kier alpha value is -3.29. The molecule has 3 aromatic carbocycles. The summed E-state index contributed by atoms with van der Waals surface area (Å²) in [5.41, 5.74) is 2.17. The summed E-state index contributed by atoms with van der Waals surface area (Å²) in [6.07, 6.45) is 1.12. The Morgan fingerprint density at radius 3 is 2.30 bits per heavy atom. The SMILES string of the molecule is CCOc1ccccc1N1C(=O)[C@@H]2[C@H](ON(c3ccccc3)[C@@H]2c2ccc(SC)cc2)C1=O. The van der Waals surface area contributed by atoms with Gasteiger partial charge in [-0.1, -0.05) is 42.5 Å². The maximum Gasteiger partial charge on any atom is 0.266 e. The molecule has 0 bridgehead atoms. The maximum atomic E-state index is 13.8. The zero-order valence-electron chi connectivity index (χ0n) is 18.4. The summed E-state index contributed by atoms with van der Waals surface area (Å²) >= 11 is 1.65. The molecule has 0 aliphatic carbocycles. The van der Waals surface area contributed by atoms with E-state index in [4.69, 9.17) is 9.57 Å². The predicted molar refractivity (Wildman–Crippen MR) is 128 cm³/mol. The molecule has 6 nitrogen and oxygen atoms in total. The van der Waals surface area contributed by atoms with E-state index in [1.165, 1.54) is 4.90 Å². The molecule has 2 amide bonds. The molecule has 2 saturated heterocycles. The van der Waals surface area contributed by atoms with Crippen LogP contribution in [0.15, 0.2) is 83.8 Å². The van der Waals surface area contributed by atoms with Gasteiger partial charge < -0.3 is 4.74 Å². The summed E-state index contributed by atoms with van der Waals surface area (Å²) in [5, 5.41) is 1.71. The minimum absolute atomic E-state index is 0.283. The highest BCUT2D eigenvalue weighted by Gasteiger charge is 2.60. The van der Waals surface area contributed by atoms with Crippen LogP contribution in [0.2, 0.25) is 0 Å². The highest BCUT2D eigenvalue weighted by molar-refractivity contribution is 7.98. The average Bonchev–Trinajstić information content (AvgIpc) is 3.36. The van der Waals surface area contributed by atoms with Gasteiger partial charge in [-0.05, 0) is 55.1 Å². The smallest absolute Gasteiger partial charge is 0.266 e. The molecule has 0 saturated carbocycles. The highest BCUT2D eigenvalue weighted by Crippen LogP contribution is 2.48. The molecule has 0 unspecified atom stereocenters. The first kappa shape index (κ1) is 21.6. The third kappa shape index (κ3) is 3.67. The van der Waals surface area contributed by atoms with Gasteiger partial charge in [0.1, 0.15) is 11.7 Å².